The zero-order valence-electron chi connectivity index (χ0n) is 8.84. The number of unbranched alkanes of at least 4 members (excludes halogenated alkanes) is 1. The van der Waals surface area contributed by atoms with Crippen molar-refractivity contribution in [3.05, 3.63) is 0 Å². The highest BCUT2D eigenvalue weighted by Gasteiger charge is 2.36. The number of hydrogen-bond acceptors (Lipinski definition) is 3. The van der Waals surface area contributed by atoms with Crippen LogP contribution in [0.15, 0.2) is 0 Å². The second-order valence-corrected chi connectivity index (χ2v) is 4.06. The summed E-state index contributed by atoms with van der Waals surface area (Å²) in [5.74, 6) is 0.0840. The van der Waals surface area contributed by atoms with Crippen LogP contribution in [0.2, 0.25) is 0 Å². The van der Waals surface area contributed by atoms with Crippen molar-refractivity contribution < 1.29 is 4.79 Å². The Morgan fingerprint density at radius 1 is 1.64 bits per heavy atom. The molecule has 0 radical (unpaired) electrons. The minimum absolute atomic E-state index is 0.0840. The van der Waals surface area contributed by atoms with E-state index in [0.29, 0.717) is 6.42 Å². The third-order valence-electron chi connectivity index (χ3n) is 2.73. The zero-order chi connectivity index (χ0) is 10.6. The molecule has 0 saturated carbocycles. The van der Waals surface area contributed by atoms with Gasteiger partial charge in [-0.1, -0.05) is 0 Å². The molecule has 78 valence electrons. The highest BCUT2D eigenvalue weighted by Crippen LogP contribution is 2.17. The van der Waals surface area contributed by atoms with Gasteiger partial charge in [0.1, 0.15) is 0 Å². The normalized spacial score (nSPS) is 21.4. The second-order valence-electron chi connectivity index (χ2n) is 4.06. The van der Waals surface area contributed by atoms with E-state index in [9.17, 15) is 4.79 Å². The van der Waals surface area contributed by atoms with Crippen molar-refractivity contribution in [2.45, 2.75) is 32.2 Å². The molecule has 1 fully saturated rings. The molecule has 0 bridgehead atoms. The van der Waals surface area contributed by atoms with Crippen molar-refractivity contribution in [3.63, 3.8) is 0 Å². The minimum Gasteiger partial charge on any atom is -0.353 e. The SMILES string of the molecule is CC1(C)C(=O)NCCN1CCCC#N. The number of hydrogen-bond donors (Lipinski definition) is 1. The molecule has 1 aliphatic heterocycles. The predicted molar refractivity (Wildman–Crippen MR) is 53.5 cm³/mol. The van der Waals surface area contributed by atoms with Gasteiger partial charge in [-0.15, -0.1) is 0 Å². The summed E-state index contributed by atoms with van der Waals surface area (Å²) in [7, 11) is 0. The van der Waals surface area contributed by atoms with E-state index in [4.69, 9.17) is 5.26 Å². The van der Waals surface area contributed by atoms with Crippen LogP contribution in [0.5, 0.6) is 0 Å². The summed E-state index contributed by atoms with van der Waals surface area (Å²) < 4.78 is 0. The molecule has 1 rings (SSSR count). The van der Waals surface area contributed by atoms with Gasteiger partial charge < -0.3 is 5.32 Å². The molecule has 1 heterocycles. The number of carbonyl (C=O) groups excluding carboxylic acids is 1. The third kappa shape index (κ3) is 2.24. The van der Waals surface area contributed by atoms with Gasteiger partial charge in [0.05, 0.1) is 11.6 Å². The molecular weight excluding hydrogens is 178 g/mol. The van der Waals surface area contributed by atoms with Crippen molar-refractivity contribution in [1.82, 2.24) is 10.2 Å². The van der Waals surface area contributed by atoms with E-state index in [1.54, 1.807) is 0 Å². The molecule has 0 aromatic carbocycles. The summed E-state index contributed by atoms with van der Waals surface area (Å²) in [6, 6.07) is 2.12. The van der Waals surface area contributed by atoms with Gasteiger partial charge in [-0.05, 0) is 20.3 Å². The van der Waals surface area contributed by atoms with E-state index < -0.39 is 5.54 Å². The monoisotopic (exact) mass is 195 g/mol. The molecule has 1 N–H and O–H groups in total. The Hall–Kier alpha value is -1.08. The molecular formula is C10H17N3O. The summed E-state index contributed by atoms with van der Waals surface area (Å²) in [5, 5.41) is 11.3. The lowest BCUT2D eigenvalue weighted by Gasteiger charge is -2.41. The topological polar surface area (TPSA) is 56.1 Å². The van der Waals surface area contributed by atoms with Gasteiger partial charge in [0.15, 0.2) is 0 Å². The van der Waals surface area contributed by atoms with Crippen LogP contribution < -0.4 is 5.32 Å². The molecule has 4 heteroatoms. The molecule has 1 aliphatic rings. The maximum Gasteiger partial charge on any atom is 0.239 e. The van der Waals surface area contributed by atoms with Crippen LogP contribution in [0, 0.1) is 11.3 Å². The highest BCUT2D eigenvalue weighted by molar-refractivity contribution is 5.86. The number of carbonyl (C=O) groups is 1. The van der Waals surface area contributed by atoms with Crippen LogP contribution in [0.4, 0.5) is 0 Å². The molecule has 1 amide bonds. The minimum atomic E-state index is -0.423. The van der Waals surface area contributed by atoms with Crippen molar-refractivity contribution in [3.8, 4) is 6.07 Å². The Balaban J connectivity index is 2.50. The summed E-state index contributed by atoms with van der Waals surface area (Å²) in [6.45, 7) is 6.27. The molecule has 0 atom stereocenters. The Morgan fingerprint density at radius 2 is 2.36 bits per heavy atom. The smallest absolute Gasteiger partial charge is 0.239 e. The standard InChI is InChI=1S/C10H17N3O/c1-10(2)9(14)12-6-8-13(10)7-4-3-5-11/h3-4,6-8H2,1-2H3,(H,12,14). The summed E-state index contributed by atoms with van der Waals surface area (Å²) in [6.07, 6.45) is 1.40. The van der Waals surface area contributed by atoms with E-state index in [1.165, 1.54) is 0 Å². The van der Waals surface area contributed by atoms with Gasteiger partial charge in [0, 0.05) is 26.1 Å². The maximum atomic E-state index is 11.5. The molecule has 0 spiro atoms. The van der Waals surface area contributed by atoms with Crippen molar-refractivity contribution >= 4 is 5.91 Å². The molecule has 4 nitrogen and oxygen atoms in total. The fourth-order valence-corrected chi connectivity index (χ4v) is 1.68. The van der Waals surface area contributed by atoms with E-state index >= 15 is 0 Å². The maximum absolute atomic E-state index is 11.5. The molecule has 0 unspecified atom stereocenters. The first-order valence-corrected chi connectivity index (χ1v) is 4.99. The first-order valence-electron chi connectivity index (χ1n) is 4.99. The van der Waals surface area contributed by atoms with E-state index in [0.717, 1.165) is 26.1 Å². The fourth-order valence-electron chi connectivity index (χ4n) is 1.68. The largest absolute Gasteiger partial charge is 0.353 e. The number of nitrogens with zero attached hydrogens (tertiary/aromatic N) is 2. The highest BCUT2D eigenvalue weighted by atomic mass is 16.2. The van der Waals surface area contributed by atoms with Crippen LogP contribution in [-0.2, 0) is 4.79 Å². The molecule has 14 heavy (non-hydrogen) atoms. The predicted octanol–water partition coefficient (Wildman–Crippen LogP) is 0.501. The van der Waals surface area contributed by atoms with Gasteiger partial charge in [-0.2, -0.15) is 5.26 Å². The average molecular weight is 195 g/mol. The van der Waals surface area contributed by atoms with Gasteiger partial charge in [0.2, 0.25) is 5.91 Å². The van der Waals surface area contributed by atoms with Crippen LogP contribution in [0.1, 0.15) is 26.7 Å². The lowest BCUT2D eigenvalue weighted by atomic mass is 9.98. The van der Waals surface area contributed by atoms with Gasteiger partial charge >= 0.3 is 0 Å². The lowest BCUT2D eigenvalue weighted by Crippen LogP contribution is -2.61. The number of rotatable bonds is 3. The first kappa shape index (κ1) is 11.0. The quantitative estimate of drug-likeness (QED) is 0.667. The van der Waals surface area contributed by atoms with Crippen molar-refractivity contribution in [2.24, 2.45) is 0 Å². The number of piperazine rings is 1. The number of nitrogens with one attached hydrogen (secondary N) is 1. The van der Waals surface area contributed by atoms with Crippen molar-refractivity contribution in [1.29, 1.82) is 5.26 Å². The van der Waals surface area contributed by atoms with Crippen LogP contribution in [0.3, 0.4) is 0 Å². The Bertz CT molecular complexity index is 255. The Kier molecular flexibility index (Phi) is 3.48. The van der Waals surface area contributed by atoms with Crippen LogP contribution >= 0.6 is 0 Å². The average Bonchev–Trinajstić information content (AvgIpc) is 2.13. The third-order valence-corrected chi connectivity index (χ3v) is 2.73. The van der Waals surface area contributed by atoms with E-state index in [1.807, 2.05) is 13.8 Å². The first-order chi connectivity index (χ1) is 6.59. The van der Waals surface area contributed by atoms with Gasteiger partial charge in [-0.25, -0.2) is 0 Å². The molecule has 0 aromatic heterocycles. The second kappa shape index (κ2) is 4.43. The lowest BCUT2D eigenvalue weighted by molar-refractivity contribution is -0.135. The zero-order valence-corrected chi connectivity index (χ0v) is 8.84. The summed E-state index contributed by atoms with van der Waals surface area (Å²) in [4.78, 5) is 13.7. The van der Waals surface area contributed by atoms with Crippen LogP contribution in [0.25, 0.3) is 0 Å². The van der Waals surface area contributed by atoms with E-state index in [2.05, 4.69) is 16.3 Å². The Labute approximate surface area is 84.9 Å². The van der Waals surface area contributed by atoms with Crippen LogP contribution in [-0.4, -0.2) is 36.0 Å². The van der Waals surface area contributed by atoms with E-state index in [-0.39, 0.29) is 5.91 Å². The Morgan fingerprint density at radius 3 is 3.00 bits per heavy atom. The number of amides is 1. The molecule has 0 aliphatic carbocycles. The summed E-state index contributed by atoms with van der Waals surface area (Å²) in [5.41, 5.74) is -0.423. The van der Waals surface area contributed by atoms with Crippen molar-refractivity contribution in [2.75, 3.05) is 19.6 Å². The molecule has 1 saturated heterocycles. The van der Waals surface area contributed by atoms with Gasteiger partial charge in [-0.3, -0.25) is 9.69 Å². The molecule has 0 aromatic rings. The van der Waals surface area contributed by atoms with Gasteiger partial charge in [0.25, 0.3) is 0 Å². The number of nitriles is 1. The fraction of sp³-hybridized carbons (Fsp3) is 0.800. The summed E-state index contributed by atoms with van der Waals surface area (Å²) >= 11 is 0.